The molecule has 3 heterocycles. The van der Waals surface area contributed by atoms with E-state index in [4.69, 9.17) is 4.74 Å². The molecule has 0 unspecified atom stereocenters. The Morgan fingerprint density at radius 2 is 2.06 bits per heavy atom. The van der Waals surface area contributed by atoms with Gasteiger partial charge in [0.05, 0.1) is 17.9 Å². The molecule has 0 bridgehead atoms. The normalized spacial score (nSPS) is 17.2. The second-order valence-electron chi connectivity index (χ2n) is 7.68. The zero-order valence-corrected chi connectivity index (χ0v) is 18.5. The van der Waals surface area contributed by atoms with E-state index >= 15 is 0 Å². The molecular formula is C23H26N4O3S. The average Bonchev–Trinajstić information content (AvgIpc) is 3.49. The number of thiophene rings is 1. The number of carbonyl (C=O) groups excluding carboxylic acids is 2. The summed E-state index contributed by atoms with van der Waals surface area (Å²) >= 11 is 1.43. The van der Waals surface area contributed by atoms with Gasteiger partial charge >= 0.3 is 0 Å². The lowest BCUT2D eigenvalue weighted by molar-refractivity contribution is -0.126. The number of imidazole rings is 1. The standard InChI is InChI=1S/C23H26N4O3S/c1-26-13-11-24-21(26)20(16-7-9-18(30-2)10-8-16)25-22(28)17-5-3-12-27(15-17)23(29)19-6-4-14-31-19/h4,6-11,13-14,17,20H,3,5,12,15H2,1-2H3,(H,25,28)/t17-,20-/m0/s1. The van der Waals surface area contributed by atoms with Gasteiger partial charge in [-0.05, 0) is 42.0 Å². The molecule has 31 heavy (non-hydrogen) atoms. The minimum absolute atomic E-state index is 0.00306. The van der Waals surface area contributed by atoms with E-state index < -0.39 is 0 Å². The Morgan fingerprint density at radius 1 is 1.26 bits per heavy atom. The fourth-order valence-electron chi connectivity index (χ4n) is 3.94. The first-order valence-corrected chi connectivity index (χ1v) is 11.2. The largest absolute Gasteiger partial charge is 0.497 e. The predicted molar refractivity (Wildman–Crippen MR) is 119 cm³/mol. The van der Waals surface area contributed by atoms with E-state index in [2.05, 4.69) is 10.3 Å². The maximum atomic E-state index is 13.3. The second-order valence-corrected chi connectivity index (χ2v) is 8.63. The lowest BCUT2D eigenvalue weighted by Gasteiger charge is -2.32. The zero-order chi connectivity index (χ0) is 21.8. The summed E-state index contributed by atoms with van der Waals surface area (Å²) in [6, 6.07) is 10.9. The molecule has 1 aromatic carbocycles. The number of aryl methyl sites for hydroxylation is 1. The van der Waals surface area contributed by atoms with Gasteiger partial charge in [0, 0.05) is 32.5 Å². The summed E-state index contributed by atoms with van der Waals surface area (Å²) < 4.78 is 7.17. The van der Waals surface area contributed by atoms with Crippen LogP contribution < -0.4 is 10.1 Å². The lowest BCUT2D eigenvalue weighted by atomic mass is 9.95. The summed E-state index contributed by atoms with van der Waals surface area (Å²) in [5.74, 6) is 1.19. The van der Waals surface area contributed by atoms with Gasteiger partial charge in [0.15, 0.2) is 0 Å². The van der Waals surface area contributed by atoms with Crippen LogP contribution in [0.15, 0.2) is 54.2 Å². The number of aromatic nitrogens is 2. The number of amides is 2. The first-order chi connectivity index (χ1) is 15.1. The smallest absolute Gasteiger partial charge is 0.263 e. The third kappa shape index (κ3) is 4.64. The zero-order valence-electron chi connectivity index (χ0n) is 17.7. The van der Waals surface area contributed by atoms with Gasteiger partial charge in [-0.1, -0.05) is 18.2 Å². The maximum Gasteiger partial charge on any atom is 0.263 e. The lowest BCUT2D eigenvalue weighted by Crippen LogP contribution is -2.46. The molecule has 1 N–H and O–H groups in total. The molecule has 3 aromatic rings. The molecule has 2 atom stereocenters. The summed E-state index contributed by atoms with van der Waals surface area (Å²) in [6.45, 7) is 1.11. The van der Waals surface area contributed by atoms with Gasteiger partial charge in [-0.3, -0.25) is 9.59 Å². The molecule has 1 saturated heterocycles. The molecule has 0 saturated carbocycles. The highest BCUT2D eigenvalue weighted by atomic mass is 32.1. The van der Waals surface area contributed by atoms with Crippen molar-refractivity contribution in [1.29, 1.82) is 0 Å². The Kier molecular flexibility index (Phi) is 6.36. The van der Waals surface area contributed by atoms with Crippen LogP contribution in [0.2, 0.25) is 0 Å². The summed E-state index contributed by atoms with van der Waals surface area (Å²) in [5.41, 5.74) is 0.922. The van der Waals surface area contributed by atoms with E-state index in [1.807, 2.05) is 59.6 Å². The van der Waals surface area contributed by atoms with Crippen molar-refractivity contribution in [3.63, 3.8) is 0 Å². The average molecular weight is 439 g/mol. The molecule has 1 aliphatic rings. The highest BCUT2D eigenvalue weighted by Crippen LogP contribution is 2.26. The van der Waals surface area contributed by atoms with Crippen molar-refractivity contribution < 1.29 is 14.3 Å². The van der Waals surface area contributed by atoms with Crippen LogP contribution in [0, 0.1) is 5.92 Å². The molecule has 1 aliphatic heterocycles. The Hall–Kier alpha value is -3.13. The number of ether oxygens (including phenoxy) is 1. The quantitative estimate of drug-likeness (QED) is 0.641. The summed E-state index contributed by atoms with van der Waals surface area (Å²) in [5, 5.41) is 5.08. The minimum Gasteiger partial charge on any atom is -0.497 e. The summed E-state index contributed by atoms with van der Waals surface area (Å²) in [4.78, 5) is 33.0. The molecule has 0 radical (unpaired) electrons. The number of nitrogens with one attached hydrogen (secondary N) is 1. The minimum atomic E-state index is -0.387. The molecule has 162 valence electrons. The van der Waals surface area contributed by atoms with Gasteiger partial charge < -0.3 is 19.5 Å². The highest BCUT2D eigenvalue weighted by molar-refractivity contribution is 7.12. The monoisotopic (exact) mass is 438 g/mol. The fourth-order valence-corrected chi connectivity index (χ4v) is 4.63. The van der Waals surface area contributed by atoms with Crippen LogP contribution in [-0.2, 0) is 11.8 Å². The number of hydrogen-bond donors (Lipinski definition) is 1. The Labute approximate surface area is 185 Å². The van der Waals surface area contributed by atoms with E-state index in [-0.39, 0.29) is 23.8 Å². The van der Waals surface area contributed by atoms with Crippen molar-refractivity contribution in [2.45, 2.75) is 18.9 Å². The van der Waals surface area contributed by atoms with Gasteiger partial charge in [-0.2, -0.15) is 0 Å². The molecule has 0 aliphatic carbocycles. The Balaban J connectivity index is 1.51. The van der Waals surface area contributed by atoms with Gasteiger partial charge in [-0.25, -0.2) is 4.98 Å². The maximum absolute atomic E-state index is 13.3. The predicted octanol–water partition coefficient (Wildman–Crippen LogP) is 3.25. The van der Waals surface area contributed by atoms with Crippen molar-refractivity contribution in [3.05, 3.63) is 70.4 Å². The number of nitrogens with zero attached hydrogens (tertiary/aromatic N) is 3. The molecule has 0 spiro atoms. The second kappa shape index (κ2) is 9.34. The number of methoxy groups -OCH3 is 1. The number of hydrogen-bond acceptors (Lipinski definition) is 5. The number of piperidine rings is 1. The number of benzene rings is 1. The number of carbonyl (C=O) groups is 2. The Bertz CT molecular complexity index is 1030. The first-order valence-electron chi connectivity index (χ1n) is 10.3. The first kappa shape index (κ1) is 21.1. The molecule has 7 nitrogen and oxygen atoms in total. The van der Waals surface area contributed by atoms with Crippen molar-refractivity contribution in [3.8, 4) is 5.75 Å². The van der Waals surface area contributed by atoms with E-state index in [0.29, 0.717) is 18.0 Å². The van der Waals surface area contributed by atoms with Crippen LogP contribution in [0.25, 0.3) is 0 Å². The van der Waals surface area contributed by atoms with Crippen LogP contribution in [0.3, 0.4) is 0 Å². The van der Waals surface area contributed by atoms with Gasteiger partial charge in [0.25, 0.3) is 5.91 Å². The van der Waals surface area contributed by atoms with E-state index in [1.54, 1.807) is 18.2 Å². The molecule has 2 aromatic heterocycles. The molecule has 2 amide bonds. The molecule has 4 rings (SSSR count). The third-order valence-electron chi connectivity index (χ3n) is 5.66. The van der Waals surface area contributed by atoms with E-state index in [9.17, 15) is 9.59 Å². The van der Waals surface area contributed by atoms with Crippen molar-refractivity contribution in [2.24, 2.45) is 13.0 Å². The van der Waals surface area contributed by atoms with Gasteiger partial charge in [-0.15, -0.1) is 11.3 Å². The molecule has 1 fully saturated rings. The summed E-state index contributed by atoms with van der Waals surface area (Å²) in [7, 11) is 3.53. The molecular weight excluding hydrogens is 412 g/mol. The van der Waals surface area contributed by atoms with Crippen LogP contribution in [0.4, 0.5) is 0 Å². The van der Waals surface area contributed by atoms with Crippen LogP contribution >= 0.6 is 11.3 Å². The SMILES string of the molecule is COc1ccc([C@H](NC(=O)[C@H]2CCCN(C(=O)c3cccs3)C2)c2nccn2C)cc1. The highest BCUT2D eigenvalue weighted by Gasteiger charge is 2.31. The van der Waals surface area contributed by atoms with Crippen molar-refractivity contribution in [1.82, 2.24) is 19.8 Å². The van der Waals surface area contributed by atoms with Crippen LogP contribution in [0.5, 0.6) is 5.75 Å². The fraction of sp³-hybridized carbons (Fsp3) is 0.348. The number of likely N-dealkylation sites (tertiary alicyclic amines) is 1. The van der Waals surface area contributed by atoms with Gasteiger partial charge in [0.1, 0.15) is 17.6 Å². The van der Waals surface area contributed by atoms with Crippen molar-refractivity contribution >= 4 is 23.2 Å². The van der Waals surface area contributed by atoms with E-state index in [0.717, 1.165) is 30.0 Å². The summed E-state index contributed by atoms with van der Waals surface area (Å²) in [6.07, 6.45) is 5.15. The molecule has 8 heteroatoms. The Morgan fingerprint density at radius 3 is 2.71 bits per heavy atom. The topological polar surface area (TPSA) is 76.5 Å². The van der Waals surface area contributed by atoms with Gasteiger partial charge in [0.2, 0.25) is 5.91 Å². The van der Waals surface area contributed by atoms with Crippen LogP contribution in [0.1, 0.15) is 39.9 Å². The van der Waals surface area contributed by atoms with Crippen molar-refractivity contribution in [2.75, 3.05) is 20.2 Å². The van der Waals surface area contributed by atoms with Crippen LogP contribution in [-0.4, -0.2) is 46.5 Å². The number of rotatable bonds is 6. The third-order valence-corrected chi connectivity index (χ3v) is 6.52. The van der Waals surface area contributed by atoms with E-state index in [1.165, 1.54) is 11.3 Å².